The van der Waals surface area contributed by atoms with Crippen molar-refractivity contribution in [2.24, 2.45) is 21.8 Å². The summed E-state index contributed by atoms with van der Waals surface area (Å²) in [6.07, 6.45) is 25.0. The third kappa shape index (κ3) is 9.96. The SMILES string of the molecule is CCCCCCCCCCCC([C+]1N=CC=N1)C(CCCCC)Cc1ccccc1. The van der Waals surface area contributed by atoms with E-state index in [9.17, 15) is 0 Å². The zero-order valence-electron chi connectivity index (χ0n) is 19.7. The van der Waals surface area contributed by atoms with Gasteiger partial charge < -0.3 is 0 Å². The van der Waals surface area contributed by atoms with E-state index in [0.29, 0.717) is 11.8 Å². The van der Waals surface area contributed by atoms with E-state index in [-0.39, 0.29) is 0 Å². The van der Waals surface area contributed by atoms with Crippen LogP contribution in [0.25, 0.3) is 0 Å². The van der Waals surface area contributed by atoms with E-state index in [1.165, 1.54) is 95.5 Å². The van der Waals surface area contributed by atoms with Gasteiger partial charge in [-0.05, 0) is 30.7 Å². The molecule has 2 nitrogen and oxygen atoms in total. The molecule has 0 aromatic heterocycles. The monoisotopic (exact) mass is 409 g/mol. The molecule has 0 fully saturated rings. The molecule has 1 aliphatic rings. The average Bonchev–Trinajstić information content (AvgIpc) is 3.30. The minimum absolute atomic E-state index is 0.501. The van der Waals surface area contributed by atoms with Gasteiger partial charge in [-0.1, -0.05) is 131 Å². The van der Waals surface area contributed by atoms with E-state index < -0.39 is 0 Å². The fourth-order valence-corrected chi connectivity index (χ4v) is 4.71. The molecule has 1 aliphatic heterocycles. The predicted octanol–water partition coefficient (Wildman–Crippen LogP) is 8.61. The fourth-order valence-electron chi connectivity index (χ4n) is 4.71. The Labute approximate surface area is 186 Å². The van der Waals surface area contributed by atoms with Crippen molar-refractivity contribution in [3.63, 3.8) is 0 Å². The first-order valence-corrected chi connectivity index (χ1v) is 12.8. The van der Waals surface area contributed by atoms with Crippen LogP contribution >= 0.6 is 0 Å². The lowest BCUT2D eigenvalue weighted by Gasteiger charge is -2.26. The number of nitrogens with zero attached hydrogens (tertiary/aromatic N) is 2. The van der Waals surface area contributed by atoms with Crippen LogP contribution in [-0.2, 0) is 6.42 Å². The standard InChI is InChI=1S/C28H45N2/c1-3-5-7-8-9-10-11-12-17-21-27(28-29-22-23-30-28)26(20-14-6-4-2)24-25-18-15-13-16-19-25/h13,15-16,18-19,22-23,26-27H,3-12,14,17,20-21,24H2,1-2H3/q+1. The number of hydrogen-bond donors (Lipinski definition) is 0. The lowest BCUT2D eigenvalue weighted by molar-refractivity contribution is 0.284. The molecule has 2 heteroatoms. The van der Waals surface area contributed by atoms with Gasteiger partial charge in [0.1, 0.15) is 0 Å². The molecule has 1 heterocycles. The van der Waals surface area contributed by atoms with Crippen LogP contribution in [0.15, 0.2) is 40.3 Å². The van der Waals surface area contributed by atoms with Gasteiger partial charge >= 0.3 is 0 Å². The minimum Gasteiger partial charge on any atom is -0.0965 e. The highest BCUT2D eigenvalue weighted by Crippen LogP contribution is 2.36. The summed E-state index contributed by atoms with van der Waals surface area (Å²) in [6.45, 7) is 4.59. The minimum atomic E-state index is 0.501. The summed E-state index contributed by atoms with van der Waals surface area (Å²) in [6, 6.07) is 11.0. The van der Waals surface area contributed by atoms with E-state index in [1.54, 1.807) is 0 Å². The molecule has 0 amide bonds. The normalized spacial score (nSPS) is 15.1. The van der Waals surface area contributed by atoms with Crippen molar-refractivity contribution in [2.75, 3.05) is 0 Å². The zero-order chi connectivity index (χ0) is 21.3. The second-order valence-corrected chi connectivity index (χ2v) is 9.08. The van der Waals surface area contributed by atoms with Crippen LogP contribution in [-0.4, -0.2) is 12.4 Å². The summed E-state index contributed by atoms with van der Waals surface area (Å²) in [5, 5.41) is 0. The third-order valence-electron chi connectivity index (χ3n) is 6.52. The molecule has 0 bridgehead atoms. The lowest BCUT2D eigenvalue weighted by Crippen LogP contribution is -2.22. The van der Waals surface area contributed by atoms with Crippen LogP contribution in [0.5, 0.6) is 0 Å². The molecule has 0 radical (unpaired) electrons. The van der Waals surface area contributed by atoms with Gasteiger partial charge in [0, 0.05) is 0 Å². The van der Waals surface area contributed by atoms with Gasteiger partial charge in [-0.2, -0.15) is 0 Å². The van der Waals surface area contributed by atoms with Crippen LogP contribution in [0, 0.1) is 18.0 Å². The maximum absolute atomic E-state index is 4.65. The maximum Gasteiger partial charge on any atom is 0.244 e. The molecule has 166 valence electrons. The van der Waals surface area contributed by atoms with Crippen molar-refractivity contribution in [3.05, 3.63) is 42.1 Å². The summed E-state index contributed by atoms with van der Waals surface area (Å²) in [5.74, 6) is 1.15. The lowest BCUT2D eigenvalue weighted by atomic mass is 9.78. The van der Waals surface area contributed by atoms with Crippen LogP contribution < -0.4 is 0 Å². The van der Waals surface area contributed by atoms with Gasteiger partial charge in [0.2, 0.25) is 6.17 Å². The van der Waals surface area contributed by atoms with Crippen molar-refractivity contribution < 1.29 is 0 Å². The molecular weight excluding hydrogens is 364 g/mol. The van der Waals surface area contributed by atoms with Crippen molar-refractivity contribution in [3.8, 4) is 0 Å². The van der Waals surface area contributed by atoms with E-state index >= 15 is 0 Å². The molecule has 30 heavy (non-hydrogen) atoms. The molecular formula is C28H45N2+. The summed E-state index contributed by atoms with van der Waals surface area (Å²) < 4.78 is 0. The molecule has 1 aromatic carbocycles. The number of benzene rings is 1. The molecule has 2 unspecified atom stereocenters. The van der Waals surface area contributed by atoms with Crippen molar-refractivity contribution in [1.29, 1.82) is 0 Å². The number of aliphatic imine (C=N–C) groups is 2. The zero-order valence-corrected chi connectivity index (χ0v) is 19.7. The Balaban J connectivity index is 1.86. The van der Waals surface area contributed by atoms with Gasteiger partial charge in [0.15, 0.2) is 12.4 Å². The summed E-state index contributed by atoms with van der Waals surface area (Å²) >= 11 is 0. The number of rotatable bonds is 18. The highest BCUT2D eigenvalue weighted by molar-refractivity contribution is 6.18. The molecule has 0 spiro atoms. The Morgan fingerprint density at radius 3 is 1.83 bits per heavy atom. The van der Waals surface area contributed by atoms with Crippen LogP contribution in [0.3, 0.4) is 0 Å². The molecule has 0 saturated heterocycles. The molecule has 2 atom stereocenters. The Bertz CT molecular complexity index is 566. The van der Waals surface area contributed by atoms with Crippen LogP contribution in [0.4, 0.5) is 0 Å². The van der Waals surface area contributed by atoms with Crippen LogP contribution in [0.1, 0.15) is 109 Å². The highest BCUT2D eigenvalue weighted by atomic mass is 15.0. The quantitative estimate of drug-likeness (QED) is 0.171. The van der Waals surface area contributed by atoms with E-state index in [0.717, 1.165) is 12.6 Å². The molecule has 0 N–H and O–H groups in total. The van der Waals surface area contributed by atoms with Gasteiger partial charge in [-0.15, -0.1) is 0 Å². The maximum atomic E-state index is 4.65. The number of unbranched alkanes of at least 4 members (excludes halogenated alkanes) is 10. The average molecular weight is 410 g/mol. The first-order valence-electron chi connectivity index (χ1n) is 12.8. The molecule has 1 aromatic rings. The second-order valence-electron chi connectivity index (χ2n) is 9.08. The molecule has 2 rings (SSSR count). The van der Waals surface area contributed by atoms with E-state index in [2.05, 4.69) is 54.2 Å². The van der Waals surface area contributed by atoms with Gasteiger partial charge in [0.05, 0.1) is 5.92 Å². The highest BCUT2D eigenvalue weighted by Gasteiger charge is 2.35. The van der Waals surface area contributed by atoms with Gasteiger partial charge in [-0.3, -0.25) is 0 Å². The van der Waals surface area contributed by atoms with Gasteiger partial charge in [0.25, 0.3) is 0 Å². The summed E-state index contributed by atoms with van der Waals surface area (Å²) in [7, 11) is 0. The Kier molecular flexibility index (Phi) is 13.3. The van der Waals surface area contributed by atoms with Crippen molar-refractivity contribution in [1.82, 2.24) is 0 Å². The predicted molar refractivity (Wildman–Crippen MR) is 133 cm³/mol. The first kappa shape index (κ1) is 24.7. The molecule has 0 aliphatic carbocycles. The second kappa shape index (κ2) is 16.2. The summed E-state index contributed by atoms with van der Waals surface area (Å²) in [5.41, 5.74) is 1.46. The Hall–Kier alpha value is -1.57. The van der Waals surface area contributed by atoms with Crippen molar-refractivity contribution >= 4 is 12.4 Å². The van der Waals surface area contributed by atoms with Gasteiger partial charge in [-0.25, -0.2) is 0 Å². The molecule has 0 saturated carbocycles. The summed E-state index contributed by atoms with van der Waals surface area (Å²) in [4.78, 5) is 9.31. The van der Waals surface area contributed by atoms with Crippen LogP contribution in [0.2, 0.25) is 0 Å². The largest absolute Gasteiger partial charge is 0.244 e. The number of hydrogen-bond acceptors (Lipinski definition) is 2. The Morgan fingerprint density at radius 1 is 0.667 bits per heavy atom. The van der Waals surface area contributed by atoms with E-state index in [1.807, 2.05) is 12.4 Å². The fraction of sp³-hybridized carbons (Fsp3) is 0.679. The third-order valence-corrected chi connectivity index (χ3v) is 6.52. The topological polar surface area (TPSA) is 24.7 Å². The Morgan fingerprint density at radius 2 is 1.20 bits per heavy atom. The first-order chi connectivity index (χ1) is 14.8. The smallest absolute Gasteiger partial charge is 0.0965 e. The van der Waals surface area contributed by atoms with Crippen molar-refractivity contribution in [2.45, 2.75) is 110 Å². The van der Waals surface area contributed by atoms with E-state index in [4.69, 9.17) is 0 Å².